The maximum absolute atomic E-state index is 3.73. The molecule has 1 saturated heterocycles. The van der Waals surface area contributed by atoms with Crippen LogP contribution in [-0.2, 0) is 0 Å². The lowest BCUT2D eigenvalue weighted by Gasteiger charge is -2.35. The van der Waals surface area contributed by atoms with Gasteiger partial charge >= 0.3 is 0 Å². The first-order valence-electron chi connectivity index (χ1n) is 7.14. The van der Waals surface area contributed by atoms with Crippen LogP contribution in [0.25, 0.3) is 0 Å². The third kappa shape index (κ3) is 2.43. The second-order valence-corrected chi connectivity index (χ2v) is 5.70. The Morgan fingerprint density at radius 1 is 0.895 bits per heavy atom. The quantitative estimate of drug-likeness (QED) is 0.870. The average Bonchev–Trinajstić information content (AvgIpc) is 2.89. The van der Waals surface area contributed by atoms with Crippen LogP contribution in [0, 0.1) is 0 Å². The molecule has 1 aliphatic heterocycles. The van der Waals surface area contributed by atoms with Gasteiger partial charge in [0.2, 0.25) is 0 Å². The van der Waals surface area contributed by atoms with Crippen LogP contribution >= 0.6 is 0 Å². The van der Waals surface area contributed by atoms with Gasteiger partial charge in [0.1, 0.15) is 0 Å². The highest BCUT2D eigenvalue weighted by molar-refractivity contribution is 5.37. The number of benzene rings is 2. The van der Waals surface area contributed by atoms with Gasteiger partial charge in [-0.3, -0.25) is 0 Å². The van der Waals surface area contributed by atoms with Crippen LogP contribution in [-0.4, -0.2) is 12.1 Å². The summed E-state index contributed by atoms with van der Waals surface area (Å²) in [7, 11) is 0. The Kier molecular flexibility index (Phi) is 3.39. The van der Waals surface area contributed by atoms with Crippen LogP contribution < -0.4 is 5.32 Å². The lowest BCUT2D eigenvalue weighted by atomic mass is 9.75. The lowest BCUT2D eigenvalue weighted by Crippen LogP contribution is -2.42. The van der Waals surface area contributed by atoms with Crippen molar-refractivity contribution in [2.45, 2.75) is 31.2 Å². The molecule has 1 N–H and O–H groups in total. The summed E-state index contributed by atoms with van der Waals surface area (Å²) in [5, 5.41) is 3.73. The normalized spacial score (nSPS) is 22.8. The largest absolute Gasteiger partial charge is 0.311 e. The minimum absolute atomic E-state index is 0.169. The van der Waals surface area contributed by atoms with Crippen molar-refractivity contribution in [2.75, 3.05) is 6.54 Å². The van der Waals surface area contributed by atoms with E-state index in [1.165, 1.54) is 24.0 Å². The van der Waals surface area contributed by atoms with Gasteiger partial charge in [0, 0.05) is 11.5 Å². The van der Waals surface area contributed by atoms with Gasteiger partial charge < -0.3 is 5.32 Å². The van der Waals surface area contributed by atoms with E-state index in [1.807, 2.05) is 0 Å². The monoisotopic (exact) mass is 251 g/mol. The molecule has 0 saturated carbocycles. The van der Waals surface area contributed by atoms with E-state index in [0.717, 1.165) is 6.54 Å². The molecule has 0 aromatic heterocycles. The van der Waals surface area contributed by atoms with Crippen molar-refractivity contribution in [3.05, 3.63) is 71.8 Å². The molecule has 0 aliphatic carbocycles. The van der Waals surface area contributed by atoms with Crippen molar-refractivity contribution < 1.29 is 0 Å². The molecule has 2 aromatic rings. The van der Waals surface area contributed by atoms with E-state index < -0.39 is 0 Å². The van der Waals surface area contributed by atoms with Gasteiger partial charge in [0.05, 0.1) is 0 Å². The Labute approximate surface area is 115 Å². The maximum Gasteiger partial charge on any atom is 0.0269 e. The van der Waals surface area contributed by atoms with E-state index in [0.29, 0.717) is 5.92 Å². The number of nitrogens with one attached hydrogen (secondary N) is 1. The zero-order valence-corrected chi connectivity index (χ0v) is 11.5. The average molecular weight is 251 g/mol. The smallest absolute Gasteiger partial charge is 0.0269 e. The van der Waals surface area contributed by atoms with Gasteiger partial charge in [0.25, 0.3) is 0 Å². The number of rotatable bonds is 3. The van der Waals surface area contributed by atoms with E-state index in [-0.39, 0.29) is 5.54 Å². The Bertz CT molecular complexity index is 472. The number of hydrogen-bond donors (Lipinski definition) is 1. The number of hydrogen-bond acceptors (Lipinski definition) is 1. The van der Waals surface area contributed by atoms with Gasteiger partial charge in [0.15, 0.2) is 0 Å². The summed E-state index contributed by atoms with van der Waals surface area (Å²) in [6.07, 6.45) is 2.51. The second kappa shape index (κ2) is 5.18. The first-order chi connectivity index (χ1) is 9.30. The topological polar surface area (TPSA) is 12.0 Å². The molecule has 0 unspecified atom stereocenters. The van der Waals surface area contributed by atoms with Crippen molar-refractivity contribution in [3.8, 4) is 0 Å². The third-order valence-electron chi connectivity index (χ3n) is 4.30. The molecule has 1 fully saturated rings. The molecule has 1 heterocycles. The van der Waals surface area contributed by atoms with E-state index in [1.54, 1.807) is 0 Å². The fourth-order valence-electron chi connectivity index (χ4n) is 3.38. The fraction of sp³-hybridized carbons (Fsp3) is 0.333. The van der Waals surface area contributed by atoms with Crippen molar-refractivity contribution in [2.24, 2.45) is 0 Å². The molecule has 1 atom stereocenters. The van der Waals surface area contributed by atoms with E-state index in [9.17, 15) is 0 Å². The van der Waals surface area contributed by atoms with Gasteiger partial charge in [-0.15, -0.1) is 0 Å². The van der Waals surface area contributed by atoms with Crippen LogP contribution in [0.15, 0.2) is 60.7 Å². The zero-order chi connectivity index (χ0) is 13.1. The van der Waals surface area contributed by atoms with Crippen LogP contribution in [0.3, 0.4) is 0 Å². The molecular weight excluding hydrogens is 230 g/mol. The maximum atomic E-state index is 3.73. The molecule has 0 bridgehead atoms. The molecule has 0 spiro atoms. The predicted octanol–water partition coefficient (Wildman–Crippen LogP) is 3.96. The molecular formula is C18H21N. The summed E-state index contributed by atoms with van der Waals surface area (Å²) in [5.74, 6) is 0.428. The molecule has 2 aromatic carbocycles. The fourth-order valence-corrected chi connectivity index (χ4v) is 3.38. The third-order valence-corrected chi connectivity index (χ3v) is 4.30. The van der Waals surface area contributed by atoms with Crippen LogP contribution in [0.1, 0.15) is 36.8 Å². The van der Waals surface area contributed by atoms with Crippen molar-refractivity contribution in [1.29, 1.82) is 0 Å². The zero-order valence-electron chi connectivity index (χ0n) is 11.5. The SMILES string of the molecule is C[C@]1(C(c2ccccc2)c2ccccc2)CCCN1. The van der Waals surface area contributed by atoms with E-state index in [4.69, 9.17) is 0 Å². The van der Waals surface area contributed by atoms with Crippen LogP contribution in [0.4, 0.5) is 0 Å². The van der Waals surface area contributed by atoms with Crippen LogP contribution in [0.2, 0.25) is 0 Å². The highest BCUT2D eigenvalue weighted by atomic mass is 15.0. The molecule has 19 heavy (non-hydrogen) atoms. The Hall–Kier alpha value is -1.60. The Morgan fingerprint density at radius 3 is 1.84 bits per heavy atom. The minimum Gasteiger partial charge on any atom is -0.311 e. The molecule has 0 radical (unpaired) electrons. The first kappa shape index (κ1) is 12.4. The summed E-state index contributed by atoms with van der Waals surface area (Å²) < 4.78 is 0. The molecule has 3 rings (SSSR count). The molecule has 0 amide bonds. The van der Waals surface area contributed by atoms with Gasteiger partial charge in [-0.25, -0.2) is 0 Å². The highest BCUT2D eigenvalue weighted by Gasteiger charge is 2.38. The van der Waals surface area contributed by atoms with E-state index in [2.05, 4.69) is 72.9 Å². The van der Waals surface area contributed by atoms with Crippen molar-refractivity contribution in [1.82, 2.24) is 5.32 Å². The summed E-state index contributed by atoms with van der Waals surface area (Å²) in [5.41, 5.74) is 2.99. The summed E-state index contributed by atoms with van der Waals surface area (Å²) >= 11 is 0. The van der Waals surface area contributed by atoms with Gasteiger partial charge in [-0.1, -0.05) is 60.7 Å². The standard InChI is InChI=1S/C18H21N/c1-18(13-8-14-19-18)17(15-9-4-2-5-10-15)16-11-6-3-7-12-16/h2-7,9-12,17,19H,8,13-14H2,1H3/t18-/m1/s1. The minimum atomic E-state index is 0.169. The van der Waals surface area contributed by atoms with Crippen LogP contribution in [0.5, 0.6) is 0 Å². The van der Waals surface area contributed by atoms with E-state index >= 15 is 0 Å². The second-order valence-electron chi connectivity index (χ2n) is 5.70. The van der Waals surface area contributed by atoms with Crippen molar-refractivity contribution >= 4 is 0 Å². The molecule has 1 nitrogen and oxygen atoms in total. The Morgan fingerprint density at radius 2 is 1.42 bits per heavy atom. The predicted molar refractivity (Wildman–Crippen MR) is 80.4 cm³/mol. The molecule has 1 aliphatic rings. The summed E-state index contributed by atoms with van der Waals surface area (Å²) in [4.78, 5) is 0. The Balaban J connectivity index is 2.06. The summed E-state index contributed by atoms with van der Waals surface area (Å²) in [6, 6.07) is 21.8. The summed E-state index contributed by atoms with van der Waals surface area (Å²) in [6.45, 7) is 3.50. The van der Waals surface area contributed by atoms with Gasteiger partial charge in [-0.05, 0) is 37.4 Å². The van der Waals surface area contributed by atoms with Gasteiger partial charge in [-0.2, -0.15) is 0 Å². The first-order valence-corrected chi connectivity index (χ1v) is 7.14. The molecule has 1 heteroatoms. The molecule has 98 valence electrons. The van der Waals surface area contributed by atoms with Crippen molar-refractivity contribution in [3.63, 3.8) is 0 Å². The highest BCUT2D eigenvalue weighted by Crippen LogP contribution is 2.39. The lowest BCUT2D eigenvalue weighted by molar-refractivity contribution is 0.368.